The zero-order valence-corrected chi connectivity index (χ0v) is 55.8. The van der Waals surface area contributed by atoms with E-state index in [0.29, 0.717) is 63.0 Å². The number of thioether (sulfide) groups is 8. The molecule has 13 nitrogen and oxygen atoms in total. The first kappa shape index (κ1) is 65.2. The molecule has 4 aliphatic rings. The summed E-state index contributed by atoms with van der Waals surface area (Å²) >= 11 is 62.0. The van der Waals surface area contributed by atoms with E-state index in [2.05, 4.69) is 38.1 Å². The molecule has 0 bridgehead atoms. The SMILES string of the molecule is N#C/C(=C1/SC[C@@H](c2ccc(Cl)cc2Cl)S1)n1ccnc1.N#C/C(=C1/SC[C@H](c2ccc(Cl)cc2Cl)S1)n1ccnc1.N#C/C(=C1\SC[C@@H](c2ccc(Cl)cc2Cl)S1)n1ccnc1.NC(=O)/C(=C1/SC[C@@H](c2ccc(Cl)cc2Cl)S1)n1ccnc1. The lowest BCUT2D eigenvalue weighted by atomic mass is 10.2. The number of hydrogen-bond donors (Lipinski definition) is 1. The number of nitriles is 3. The zero-order valence-electron chi connectivity index (χ0n) is 43.2. The van der Waals surface area contributed by atoms with Crippen molar-refractivity contribution in [3.63, 3.8) is 0 Å². The van der Waals surface area contributed by atoms with Gasteiger partial charge in [-0.25, -0.2) is 19.9 Å². The van der Waals surface area contributed by atoms with Crippen LogP contribution in [0.2, 0.25) is 40.2 Å². The molecule has 0 radical (unpaired) electrons. The van der Waals surface area contributed by atoms with Gasteiger partial charge in [-0.2, -0.15) is 15.8 Å². The summed E-state index contributed by atoms with van der Waals surface area (Å²) in [6.07, 6.45) is 20.1. The van der Waals surface area contributed by atoms with E-state index in [-0.39, 0.29) is 21.0 Å². The molecule has 8 aromatic rings. The van der Waals surface area contributed by atoms with Gasteiger partial charge in [-0.3, -0.25) is 23.1 Å². The first-order chi connectivity index (χ1) is 41.1. The smallest absolute Gasteiger partial charge is 0.267 e. The van der Waals surface area contributed by atoms with Crippen molar-refractivity contribution < 1.29 is 4.79 Å². The number of carbonyl (C=O) groups is 1. The molecule has 432 valence electrons. The molecular formula is C56H38Cl8N12OS8. The molecule has 0 unspecified atom stereocenters. The molecule has 12 rings (SSSR count). The van der Waals surface area contributed by atoms with Crippen molar-refractivity contribution in [1.82, 2.24) is 38.2 Å². The maximum atomic E-state index is 11.8. The third-order valence-corrected chi connectivity index (χ3v) is 26.0. The molecule has 8 heterocycles. The molecule has 0 saturated carbocycles. The Morgan fingerprint density at radius 2 is 0.682 bits per heavy atom. The van der Waals surface area contributed by atoms with Gasteiger partial charge in [0.2, 0.25) is 0 Å². The lowest BCUT2D eigenvalue weighted by Gasteiger charge is -2.11. The number of nitrogens with two attached hydrogens (primary N) is 1. The molecule has 0 aliphatic carbocycles. The highest BCUT2D eigenvalue weighted by Crippen LogP contribution is 2.57. The highest BCUT2D eigenvalue weighted by Gasteiger charge is 2.32. The molecule has 4 aromatic heterocycles. The van der Waals surface area contributed by atoms with Crippen molar-refractivity contribution in [2.45, 2.75) is 21.0 Å². The van der Waals surface area contributed by atoms with Crippen molar-refractivity contribution in [2.75, 3.05) is 23.0 Å². The molecule has 4 aliphatic heterocycles. The van der Waals surface area contributed by atoms with E-state index in [4.69, 9.17) is 98.5 Å². The summed E-state index contributed by atoms with van der Waals surface area (Å²) in [4.78, 5) is 27.7. The number of halogens is 8. The summed E-state index contributed by atoms with van der Waals surface area (Å²) in [6.45, 7) is 0. The third kappa shape index (κ3) is 16.7. The van der Waals surface area contributed by atoms with Crippen molar-refractivity contribution in [3.8, 4) is 18.2 Å². The maximum Gasteiger partial charge on any atom is 0.267 e. The molecule has 0 spiro atoms. The van der Waals surface area contributed by atoms with E-state index in [1.54, 1.807) is 212 Å². The standard InChI is InChI=1S/C14H11Cl2N3OS2.3C14H9Cl2N3S2/c15-8-1-2-9(10(16)5-8)11-6-21-14(22-11)12(13(17)20)19-4-3-18-7-19;3*15-9-1-2-10(11(16)5-9)13-7-20-14(21-13)12(6-17)19-4-3-18-8-19/h1-5,7,11H,6H2,(H2,17,20);3*1-5,8,13H,7H2/b3*14-12+;14-12-/t11-;3*13-/m0100/s1. The van der Waals surface area contributed by atoms with E-state index in [0.717, 1.165) is 62.2 Å². The van der Waals surface area contributed by atoms with Gasteiger partial charge in [-0.05, 0) is 70.8 Å². The monoisotopic (exact) mass is 1430 g/mol. The van der Waals surface area contributed by atoms with Gasteiger partial charge in [0, 0.05) is 134 Å². The fraction of sp³-hybridized carbons (Fsp3) is 0.143. The van der Waals surface area contributed by atoms with E-state index in [1.807, 2.05) is 48.5 Å². The molecule has 4 saturated heterocycles. The quantitative estimate of drug-likeness (QED) is 0.106. The van der Waals surface area contributed by atoms with Crippen molar-refractivity contribution in [2.24, 2.45) is 5.73 Å². The average molecular weight is 1440 g/mol. The predicted octanol–water partition coefficient (Wildman–Crippen LogP) is 19.2. The lowest BCUT2D eigenvalue weighted by molar-refractivity contribution is -0.113. The highest BCUT2D eigenvalue weighted by atomic mass is 35.5. The van der Waals surface area contributed by atoms with Gasteiger partial charge in [0.1, 0.15) is 41.0 Å². The Hall–Kier alpha value is -4.26. The molecular weight excluding hydrogens is 1400 g/mol. The summed E-state index contributed by atoms with van der Waals surface area (Å²) in [5.41, 5.74) is 12.0. The van der Waals surface area contributed by atoms with Crippen LogP contribution in [0.15, 0.2) is 165 Å². The number of carbonyl (C=O) groups excluding carboxylic acids is 1. The maximum absolute atomic E-state index is 11.8. The van der Waals surface area contributed by atoms with Crippen LogP contribution in [-0.4, -0.2) is 67.1 Å². The second-order valence-corrected chi connectivity index (χ2v) is 30.8. The van der Waals surface area contributed by atoms with Gasteiger partial charge < -0.3 is 5.73 Å². The minimum Gasteiger partial charge on any atom is -0.364 e. The van der Waals surface area contributed by atoms with Gasteiger partial charge in [-0.15, -0.1) is 94.1 Å². The van der Waals surface area contributed by atoms with Crippen LogP contribution >= 0.6 is 187 Å². The van der Waals surface area contributed by atoms with Crippen LogP contribution in [-0.2, 0) is 4.79 Å². The molecule has 1 amide bonds. The molecule has 4 atom stereocenters. The van der Waals surface area contributed by atoms with Gasteiger partial charge in [-0.1, -0.05) is 117 Å². The summed E-state index contributed by atoms with van der Waals surface area (Å²) in [6, 6.07) is 28.9. The number of aromatic nitrogens is 8. The van der Waals surface area contributed by atoms with Crippen molar-refractivity contribution in [3.05, 3.63) is 227 Å². The summed E-state index contributed by atoms with van der Waals surface area (Å²) < 4.78 is 10.7. The first-order valence-electron chi connectivity index (χ1n) is 24.5. The second kappa shape index (κ2) is 31.3. The Morgan fingerprint density at radius 1 is 0.424 bits per heavy atom. The van der Waals surface area contributed by atoms with Crippen LogP contribution in [0.3, 0.4) is 0 Å². The number of primary amides is 1. The zero-order chi connectivity index (χ0) is 60.1. The number of rotatable bonds is 9. The number of benzene rings is 4. The van der Waals surface area contributed by atoms with E-state index in [1.165, 1.54) is 0 Å². The number of imidazole rings is 4. The lowest BCUT2D eigenvalue weighted by Crippen LogP contribution is -2.17. The Kier molecular flexibility index (Phi) is 24.0. The number of nitrogens with zero attached hydrogens (tertiary/aromatic N) is 11. The van der Waals surface area contributed by atoms with Crippen LogP contribution in [0.1, 0.15) is 43.3 Å². The van der Waals surface area contributed by atoms with Crippen LogP contribution in [0, 0.1) is 34.0 Å². The second-order valence-electron chi connectivity index (χ2n) is 17.5. The topological polar surface area (TPSA) is 186 Å². The minimum atomic E-state index is -0.476. The molecule has 4 aromatic carbocycles. The average Bonchev–Trinajstić information content (AvgIpc) is 4.53. The Morgan fingerprint density at radius 3 is 0.918 bits per heavy atom. The van der Waals surface area contributed by atoms with Gasteiger partial charge in [0.05, 0.1) is 42.3 Å². The van der Waals surface area contributed by atoms with Crippen molar-refractivity contribution in [1.29, 1.82) is 15.8 Å². The van der Waals surface area contributed by atoms with E-state index >= 15 is 0 Å². The fourth-order valence-corrected chi connectivity index (χ4v) is 22.3. The van der Waals surface area contributed by atoms with E-state index < -0.39 is 5.91 Å². The molecule has 2 N–H and O–H groups in total. The molecule has 29 heteroatoms. The molecule has 4 fully saturated rings. The Bertz CT molecular complexity index is 3670. The van der Waals surface area contributed by atoms with Crippen LogP contribution in [0.25, 0.3) is 22.8 Å². The van der Waals surface area contributed by atoms with Crippen molar-refractivity contribution >= 4 is 216 Å². The normalized spacial score (nSPS) is 20.3. The number of hydrogen-bond acceptors (Lipinski definition) is 16. The number of allylic oxidation sites excluding steroid dienone is 3. The van der Waals surface area contributed by atoms with Gasteiger partial charge in [0.25, 0.3) is 5.91 Å². The van der Waals surface area contributed by atoms with Gasteiger partial charge in [0.15, 0.2) is 0 Å². The highest BCUT2D eigenvalue weighted by molar-refractivity contribution is 8.26. The fourth-order valence-electron chi connectivity index (χ4n) is 8.08. The third-order valence-electron chi connectivity index (χ3n) is 12.1. The Balaban J connectivity index is 0.000000136. The number of amides is 1. The first-order valence-corrected chi connectivity index (χ1v) is 35.0. The van der Waals surface area contributed by atoms with Gasteiger partial charge >= 0.3 is 0 Å². The Labute approximate surface area is 563 Å². The van der Waals surface area contributed by atoms with Crippen LogP contribution in [0.5, 0.6) is 0 Å². The summed E-state index contributed by atoms with van der Waals surface area (Å²) in [5.74, 6) is 2.96. The van der Waals surface area contributed by atoms with Crippen LogP contribution < -0.4 is 5.73 Å². The van der Waals surface area contributed by atoms with Crippen LogP contribution in [0.4, 0.5) is 0 Å². The predicted molar refractivity (Wildman–Crippen MR) is 365 cm³/mol. The summed E-state index contributed by atoms with van der Waals surface area (Å²) in [7, 11) is 0. The molecule has 85 heavy (non-hydrogen) atoms. The largest absolute Gasteiger partial charge is 0.364 e. The van der Waals surface area contributed by atoms with E-state index in [9.17, 15) is 20.6 Å². The minimum absolute atomic E-state index is 0.155. The summed E-state index contributed by atoms with van der Waals surface area (Å²) in [5, 5.41) is 34.1.